The number of thiazole rings is 1. The number of H-pyrrole nitrogens is 1. The van der Waals surface area contributed by atoms with Gasteiger partial charge in [-0.2, -0.15) is 0 Å². The van der Waals surface area contributed by atoms with Crippen molar-refractivity contribution in [3.8, 4) is 11.4 Å². The van der Waals surface area contributed by atoms with Gasteiger partial charge in [-0.25, -0.2) is 9.97 Å². The highest BCUT2D eigenvalue weighted by molar-refractivity contribution is 7.22. The number of nitrogens with one attached hydrogen (secondary N) is 2. The highest BCUT2D eigenvalue weighted by atomic mass is 32.1. The summed E-state index contributed by atoms with van der Waals surface area (Å²) in [5.74, 6) is 1.10. The van der Waals surface area contributed by atoms with E-state index in [-0.39, 0.29) is 11.8 Å². The normalized spacial score (nSPS) is 15.4. The van der Waals surface area contributed by atoms with Crippen molar-refractivity contribution in [3.05, 3.63) is 42.5 Å². The van der Waals surface area contributed by atoms with Crippen LogP contribution in [0.5, 0.6) is 0 Å². The molecule has 2 aromatic heterocycles. The van der Waals surface area contributed by atoms with E-state index in [0.29, 0.717) is 5.13 Å². The van der Waals surface area contributed by atoms with E-state index >= 15 is 0 Å². The van der Waals surface area contributed by atoms with Gasteiger partial charge < -0.3 is 10.3 Å². The lowest BCUT2D eigenvalue weighted by Gasteiger charge is -2.19. The predicted molar refractivity (Wildman–Crippen MR) is 110 cm³/mol. The molecule has 5 nitrogen and oxygen atoms in total. The smallest absolute Gasteiger partial charge is 0.229 e. The minimum absolute atomic E-state index is 0.117. The molecule has 1 aliphatic carbocycles. The van der Waals surface area contributed by atoms with Gasteiger partial charge in [0, 0.05) is 11.5 Å². The molecule has 2 heterocycles. The molecule has 0 spiro atoms. The van der Waals surface area contributed by atoms with E-state index < -0.39 is 0 Å². The summed E-state index contributed by atoms with van der Waals surface area (Å²) in [5.41, 5.74) is 3.90. The fourth-order valence-electron chi connectivity index (χ4n) is 3.79. The quantitative estimate of drug-likeness (QED) is 0.506. The second-order valence-electron chi connectivity index (χ2n) is 7.13. The van der Waals surface area contributed by atoms with Gasteiger partial charge in [0.05, 0.1) is 21.3 Å². The molecule has 0 aliphatic heterocycles. The van der Waals surface area contributed by atoms with Gasteiger partial charge in [-0.05, 0) is 43.2 Å². The zero-order chi connectivity index (χ0) is 18.2. The third-order valence-corrected chi connectivity index (χ3v) is 6.19. The van der Waals surface area contributed by atoms with Gasteiger partial charge in [0.1, 0.15) is 5.82 Å². The molecule has 27 heavy (non-hydrogen) atoms. The number of imidazole rings is 1. The fraction of sp³-hybridized carbons (Fsp3) is 0.286. The number of hydrogen-bond acceptors (Lipinski definition) is 4. The number of benzene rings is 2. The number of rotatable bonds is 3. The summed E-state index contributed by atoms with van der Waals surface area (Å²) in [4.78, 5) is 25.1. The van der Waals surface area contributed by atoms with Gasteiger partial charge in [-0.15, -0.1) is 0 Å². The Morgan fingerprint density at radius 1 is 1.04 bits per heavy atom. The van der Waals surface area contributed by atoms with E-state index in [1.54, 1.807) is 0 Å². The molecule has 4 aromatic rings. The number of para-hydroxylation sites is 2. The van der Waals surface area contributed by atoms with Gasteiger partial charge in [0.25, 0.3) is 0 Å². The predicted octanol–water partition coefficient (Wildman–Crippen LogP) is 5.36. The van der Waals surface area contributed by atoms with E-state index in [0.717, 1.165) is 58.3 Å². The molecule has 1 saturated carbocycles. The lowest BCUT2D eigenvalue weighted by Crippen LogP contribution is -2.24. The summed E-state index contributed by atoms with van der Waals surface area (Å²) in [6, 6.07) is 14.1. The summed E-state index contributed by atoms with van der Waals surface area (Å²) in [6.07, 6.45) is 5.53. The molecule has 1 aliphatic rings. The van der Waals surface area contributed by atoms with E-state index in [2.05, 4.69) is 26.3 Å². The number of aromatic amines is 1. The van der Waals surface area contributed by atoms with Crippen LogP contribution >= 0.6 is 11.3 Å². The monoisotopic (exact) mass is 376 g/mol. The molecule has 6 heteroatoms. The number of anilines is 1. The Kier molecular flexibility index (Phi) is 4.13. The summed E-state index contributed by atoms with van der Waals surface area (Å²) in [6.45, 7) is 0. The van der Waals surface area contributed by atoms with Crippen molar-refractivity contribution in [2.24, 2.45) is 5.92 Å². The van der Waals surface area contributed by atoms with Crippen LogP contribution in [-0.4, -0.2) is 20.9 Å². The van der Waals surface area contributed by atoms with Crippen LogP contribution in [0, 0.1) is 5.92 Å². The van der Waals surface area contributed by atoms with Crippen LogP contribution in [0.4, 0.5) is 5.13 Å². The molecular formula is C21H20N4OS. The lowest BCUT2D eigenvalue weighted by atomic mass is 9.89. The van der Waals surface area contributed by atoms with Gasteiger partial charge in [-0.3, -0.25) is 4.79 Å². The van der Waals surface area contributed by atoms with Gasteiger partial charge in [0.15, 0.2) is 5.13 Å². The number of carbonyl (C=O) groups is 1. The standard InChI is InChI=1S/C21H20N4OS/c26-20(13-6-2-1-3-7-13)25-21-24-17-11-10-14(12-18(17)27-21)19-22-15-8-4-5-9-16(15)23-19/h4-5,8-13H,1-3,6-7H2,(H,22,23)(H,24,25,26). The Hall–Kier alpha value is -2.73. The number of fused-ring (bicyclic) bond motifs is 2. The SMILES string of the molecule is O=C(Nc1nc2ccc(-c3nc4ccccc4[nH]3)cc2s1)C1CCCCC1. The van der Waals surface area contributed by atoms with Crippen LogP contribution in [0.3, 0.4) is 0 Å². The number of aromatic nitrogens is 3. The maximum atomic E-state index is 12.5. The van der Waals surface area contributed by atoms with Crippen LogP contribution in [0.2, 0.25) is 0 Å². The molecule has 2 aromatic carbocycles. The summed E-state index contributed by atoms with van der Waals surface area (Å²) in [5, 5.41) is 3.71. The average Bonchev–Trinajstić information content (AvgIpc) is 3.31. The van der Waals surface area contributed by atoms with Crippen LogP contribution in [0.25, 0.3) is 32.6 Å². The van der Waals surface area contributed by atoms with Crippen LogP contribution < -0.4 is 5.32 Å². The van der Waals surface area contributed by atoms with Crippen LogP contribution in [-0.2, 0) is 4.79 Å². The summed E-state index contributed by atoms with van der Waals surface area (Å²) < 4.78 is 1.05. The first-order chi connectivity index (χ1) is 13.3. The Morgan fingerprint density at radius 3 is 2.74 bits per heavy atom. The molecule has 2 N–H and O–H groups in total. The Balaban J connectivity index is 1.41. The fourth-order valence-corrected chi connectivity index (χ4v) is 4.70. The van der Waals surface area contributed by atoms with E-state index in [1.807, 2.05) is 36.4 Å². The molecule has 136 valence electrons. The van der Waals surface area contributed by atoms with E-state index in [1.165, 1.54) is 17.8 Å². The topological polar surface area (TPSA) is 70.7 Å². The molecule has 0 unspecified atom stereocenters. The number of carbonyl (C=O) groups excluding carboxylic acids is 1. The minimum atomic E-state index is 0.117. The zero-order valence-electron chi connectivity index (χ0n) is 14.9. The van der Waals surface area contributed by atoms with Crippen molar-refractivity contribution in [3.63, 3.8) is 0 Å². The molecule has 0 atom stereocenters. The molecule has 0 saturated heterocycles. The highest BCUT2D eigenvalue weighted by Crippen LogP contribution is 2.31. The van der Waals surface area contributed by atoms with Crippen molar-refractivity contribution in [2.75, 3.05) is 5.32 Å². The number of nitrogens with zero attached hydrogens (tertiary/aromatic N) is 2. The van der Waals surface area contributed by atoms with Gasteiger partial charge in [0.2, 0.25) is 5.91 Å². The summed E-state index contributed by atoms with van der Waals surface area (Å²) in [7, 11) is 0. The van der Waals surface area contributed by atoms with Crippen molar-refractivity contribution in [1.29, 1.82) is 0 Å². The van der Waals surface area contributed by atoms with Crippen molar-refractivity contribution in [1.82, 2.24) is 15.0 Å². The lowest BCUT2D eigenvalue weighted by molar-refractivity contribution is -0.120. The average molecular weight is 376 g/mol. The third kappa shape index (κ3) is 3.21. The highest BCUT2D eigenvalue weighted by Gasteiger charge is 2.22. The number of hydrogen-bond donors (Lipinski definition) is 2. The second-order valence-corrected chi connectivity index (χ2v) is 8.16. The van der Waals surface area contributed by atoms with Gasteiger partial charge in [-0.1, -0.05) is 42.7 Å². The first-order valence-corrected chi connectivity index (χ1v) is 10.2. The zero-order valence-corrected chi connectivity index (χ0v) is 15.7. The van der Waals surface area contributed by atoms with E-state index in [9.17, 15) is 4.79 Å². The first kappa shape index (κ1) is 16.4. The van der Waals surface area contributed by atoms with Crippen molar-refractivity contribution >= 4 is 43.6 Å². The maximum absolute atomic E-state index is 12.5. The molecule has 0 radical (unpaired) electrons. The second kappa shape index (κ2) is 6.78. The Labute approximate surface area is 160 Å². The van der Waals surface area contributed by atoms with Crippen LogP contribution in [0.1, 0.15) is 32.1 Å². The molecule has 1 amide bonds. The molecule has 5 rings (SSSR count). The van der Waals surface area contributed by atoms with Gasteiger partial charge >= 0.3 is 0 Å². The first-order valence-electron chi connectivity index (χ1n) is 9.43. The molecular weight excluding hydrogens is 356 g/mol. The molecule has 1 fully saturated rings. The summed E-state index contributed by atoms with van der Waals surface area (Å²) >= 11 is 1.52. The van der Waals surface area contributed by atoms with E-state index in [4.69, 9.17) is 0 Å². The Bertz CT molecular complexity index is 1090. The van der Waals surface area contributed by atoms with Crippen LogP contribution in [0.15, 0.2) is 42.5 Å². The largest absolute Gasteiger partial charge is 0.338 e. The Morgan fingerprint density at radius 2 is 1.89 bits per heavy atom. The van der Waals surface area contributed by atoms with Crippen molar-refractivity contribution in [2.45, 2.75) is 32.1 Å². The maximum Gasteiger partial charge on any atom is 0.229 e. The minimum Gasteiger partial charge on any atom is -0.338 e. The molecule has 0 bridgehead atoms. The third-order valence-electron chi connectivity index (χ3n) is 5.26. The van der Waals surface area contributed by atoms with Crippen molar-refractivity contribution < 1.29 is 4.79 Å². The number of amides is 1.